The van der Waals surface area contributed by atoms with E-state index >= 15 is 0 Å². The van der Waals surface area contributed by atoms with Gasteiger partial charge in [-0.1, -0.05) is 27.5 Å². The molecule has 1 aliphatic heterocycles. The molecule has 5 heteroatoms. The van der Waals surface area contributed by atoms with Gasteiger partial charge >= 0.3 is 0 Å². The largest absolute Gasteiger partial charge is 0.326 e. The summed E-state index contributed by atoms with van der Waals surface area (Å²) >= 11 is 9.50. The standard InChI is InChI=1S/C11H14BrClN2.ClH/c12-11-2-1-9(13)5-8(11)6-15-4-3-10(14)7-15;/h1-2,5,10H,3-4,6-7,14H2;1H/t10-;/m0./s1. The third-order valence-corrected chi connectivity index (χ3v) is 3.72. The van der Waals surface area contributed by atoms with Crippen LogP contribution in [-0.4, -0.2) is 24.0 Å². The van der Waals surface area contributed by atoms with Crippen molar-refractivity contribution in [3.63, 3.8) is 0 Å². The highest BCUT2D eigenvalue weighted by Crippen LogP contribution is 2.23. The summed E-state index contributed by atoms with van der Waals surface area (Å²) < 4.78 is 1.12. The zero-order valence-corrected chi connectivity index (χ0v) is 12.0. The van der Waals surface area contributed by atoms with Crippen LogP contribution in [0.25, 0.3) is 0 Å². The van der Waals surface area contributed by atoms with Gasteiger partial charge in [-0.3, -0.25) is 4.90 Å². The van der Waals surface area contributed by atoms with Gasteiger partial charge in [0.25, 0.3) is 0 Å². The molecule has 90 valence electrons. The summed E-state index contributed by atoms with van der Waals surface area (Å²) in [6.45, 7) is 2.99. The molecule has 1 aromatic rings. The van der Waals surface area contributed by atoms with Gasteiger partial charge in [0.15, 0.2) is 0 Å². The van der Waals surface area contributed by atoms with Crippen molar-refractivity contribution < 1.29 is 0 Å². The van der Waals surface area contributed by atoms with Crippen molar-refractivity contribution in [2.75, 3.05) is 13.1 Å². The van der Waals surface area contributed by atoms with Crippen LogP contribution in [0.4, 0.5) is 0 Å². The summed E-state index contributed by atoms with van der Waals surface area (Å²) in [4.78, 5) is 2.36. The van der Waals surface area contributed by atoms with Gasteiger partial charge in [0.05, 0.1) is 0 Å². The minimum atomic E-state index is 0. The van der Waals surface area contributed by atoms with Gasteiger partial charge < -0.3 is 5.73 Å². The van der Waals surface area contributed by atoms with Crippen LogP contribution in [0.15, 0.2) is 22.7 Å². The molecule has 0 radical (unpaired) electrons. The van der Waals surface area contributed by atoms with E-state index in [4.69, 9.17) is 17.3 Å². The van der Waals surface area contributed by atoms with Gasteiger partial charge in [-0.25, -0.2) is 0 Å². The van der Waals surface area contributed by atoms with Crippen LogP contribution in [0, 0.1) is 0 Å². The SMILES string of the molecule is Cl.N[C@H]1CCN(Cc2cc(Cl)ccc2Br)C1. The van der Waals surface area contributed by atoms with E-state index < -0.39 is 0 Å². The highest BCUT2D eigenvalue weighted by molar-refractivity contribution is 9.10. The molecular formula is C11H15BrCl2N2. The van der Waals surface area contributed by atoms with Crippen molar-refractivity contribution in [2.24, 2.45) is 5.73 Å². The molecule has 1 aromatic carbocycles. The van der Waals surface area contributed by atoms with Gasteiger partial charge in [0.1, 0.15) is 0 Å². The molecule has 0 aliphatic carbocycles. The summed E-state index contributed by atoms with van der Waals surface area (Å²) in [7, 11) is 0. The fourth-order valence-electron chi connectivity index (χ4n) is 1.91. The predicted molar refractivity (Wildman–Crippen MR) is 74.3 cm³/mol. The summed E-state index contributed by atoms with van der Waals surface area (Å²) in [6, 6.07) is 6.23. The smallest absolute Gasteiger partial charge is 0.0410 e. The summed E-state index contributed by atoms with van der Waals surface area (Å²) in [5, 5.41) is 0.789. The molecule has 1 atom stereocenters. The first-order valence-corrected chi connectivity index (χ1v) is 6.24. The Morgan fingerprint density at radius 2 is 2.25 bits per heavy atom. The van der Waals surface area contributed by atoms with Gasteiger partial charge in [-0.15, -0.1) is 12.4 Å². The number of likely N-dealkylation sites (tertiary alicyclic amines) is 1. The van der Waals surface area contributed by atoms with Crippen LogP contribution >= 0.6 is 39.9 Å². The van der Waals surface area contributed by atoms with E-state index in [0.29, 0.717) is 6.04 Å². The third kappa shape index (κ3) is 3.60. The molecule has 1 aliphatic rings. The van der Waals surface area contributed by atoms with E-state index in [0.717, 1.165) is 35.6 Å². The van der Waals surface area contributed by atoms with Crippen LogP contribution in [0.3, 0.4) is 0 Å². The molecule has 0 unspecified atom stereocenters. The van der Waals surface area contributed by atoms with E-state index in [1.54, 1.807) is 0 Å². The summed E-state index contributed by atoms with van der Waals surface area (Å²) in [6.07, 6.45) is 1.10. The first-order valence-electron chi connectivity index (χ1n) is 5.07. The molecule has 16 heavy (non-hydrogen) atoms. The molecule has 0 saturated carbocycles. The van der Waals surface area contributed by atoms with E-state index in [1.807, 2.05) is 18.2 Å². The van der Waals surface area contributed by atoms with Crippen LogP contribution in [0.1, 0.15) is 12.0 Å². The molecule has 1 fully saturated rings. The normalized spacial score (nSPS) is 20.8. The lowest BCUT2D eigenvalue weighted by atomic mass is 10.2. The van der Waals surface area contributed by atoms with E-state index in [9.17, 15) is 0 Å². The lowest BCUT2D eigenvalue weighted by molar-refractivity contribution is 0.326. The first kappa shape index (κ1) is 14.3. The van der Waals surface area contributed by atoms with E-state index in [1.165, 1.54) is 5.56 Å². The Balaban J connectivity index is 0.00000128. The Kier molecular flexibility index (Phi) is 5.54. The van der Waals surface area contributed by atoms with Crippen LogP contribution in [-0.2, 0) is 6.54 Å². The zero-order chi connectivity index (χ0) is 10.8. The van der Waals surface area contributed by atoms with Crippen LogP contribution < -0.4 is 5.73 Å². The Bertz CT molecular complexity index is 360. The Labute approximate surface area is 116 Å². The minimum absolute atomic E-state index is 0. The molecule has 0 bridgehead atoms. The zero-order valence-electron chi connectivity index (χ0n) is 8.83. The number of benzene rings is 1. The second kappa shape index (κ2) is 6.22. The van der Waals surface area contributed by atoms with Gasteiger partial charge in [0, 0.05) is 35.2 Å². The number of halogens is 3. The highest BCUT2D eigenvalue weighted by Gasteiger charge is 2.19. The molecule has 2 N–H and O–H groups in total. The van der Waals surface area contributed by atoms with Crippen LogP contribution in [0.5, 0.6) is 0 Å². The highest BCUT2D eigenvalue weighted by atomic mass is 79.9. The van der Waals surface area contributed by atoms with E-state index in [-0.39, 0.29) is 12.4 Å². The van der Waals surface area contributed by atoms with Crippen molar-refractivity contribution in [1.29, 1.82) is 0 Å². The molecule has 0 amide bonds. The summed E-state index contributed by atoms with van der Waals surface area (Å²) in [5.74, 6) is 0. The van der Waals surface area contributed by atoms with Gasteiger partial charge in [-0.2, -0.15) is 0 Å². The monoisotopic (exact) mass is 324 g/mol. The van der Waals surface area contributed by atoms with Crippen molar-refractivity contribution in [3.05, 3.63) is 33.3 Å². The second-order valence-electron chi connectivity index (χ2n) is 4.02. The number of hydrogen-bond donors (Lipinski definition) is 1. The fraction of sp³-hybridized carbons (Fsp3) is 0.455. The molecular weight excluding hydrogens is 311 g/mol. The van der Waals surface area contributed by atoms with Gasteiger partial charge in [0.2, 0.25) is 0 Å². The first-order chi connectivity index (χ1) is 7.15. The Morgan fingerprint density at radius 3 is 2.88 bits per heavy atom. The summed E-state index contributed by atoms with van der Waals surface area (Å²) in [5.41, 5.74) is 7.10. The molecule has 1 saturated heterocycles. The molecule has 1 heterocycles. The Morgan fingerprint density at radius 1 is 1.50 bits per heavy atom. The molecule has 2 nitrogen and oxygen atoms in total. The van der Waals surface area contributed by atoms with Crippen molar-refractivity contribution in [1.82, 2.24) is 4.90 Å². The van der Waals surface area contributed by atoms with E-state index in [2.05, 4.69) is 20.8 Å². The van der Waals surface area contributed by atoms with Crippen molar-refractivity contribution >= 4 is 39.9 Å². The maximum Gasteiger partial charge on any atom is 0.0410 e. The van der Waals surface area contributed by atoms with Crippen molar-refractivity contribution in [2.45, 2.75) is 19.0 Å². The molecule has 0 aromatic heterocycles. The number of nitrogens with two attached hydrogens (primary N) is 1. The second-order valence-corrected chi connectivity index (χ2v) is 5.31. The average Bonchev–Trinajstić information content (AvgIpc) is 2.58. The number of rotatable bonds is 2. The topological polar surface area (TPSA) is 29.3 Å². The lowest BCUT2D eigenvalue weighted by Gasteiger charge is -2.16. The average molecular weight is 326 g/mol. The Hall–Kier alpha value is 0.200. The molecule has 0 spiro atoms. The maximum absolute atomic E-state index is 5.97. The predicted octanol–water partition coefficient (Wildman–Crippen LogP) is 3.06. The maximum atomic E-state index is 5.97. The fourth-order valence-corrected chi connectivity index (χ4v) is 2.48. The lowest BCUT2D eigenvalue weighted by Crippen LogP contribution is -2.26. The number of hydrogen-bond acceptors (Lipinski definition) is 2. The van der Waals surface area contributed by atoms with Crippen molar-refractivity contribution in [3.8, 4) is 0 Å². The quantitative estimate of drug-likeness (QED) is 0.905. The van der Waals surface area contributed by atoms with Gasteiger partial charge in [-0.05, 0) is 30.2 Å². The third-order valence-electron chi connectivity index (χ3n) is 2.71. The minimum Gasteiger partial charge on any atom is -0.326 e. The molecule has 2 rings (SSSR count). The number of nitrogens with zero attached hydrogens (tertiary/aromatic N) is 1. The van der Waals surface area contributed by atoms with Crippen LogP contribution in [0.2, 0.25) is 5.02 Å².